The number of amides is 1. The molecule has 2 nitrogen and oxygen atoms in total. The Morgan fingerprint density at radius 1 is 1.33 bits per heavy atom. The fraction of sp³-hybridized carbons (Fsp3) is 0.900. The Balaban J connectivity index is 2.04. The summed E-state index contributed by atoms with van der Waals surface area (Å²) in [5.74, 6) is 1.87. The van der Waals surface area contributed by atoms with E-state index in [1.165, 1.54) is 19.3 Å². The Bertz CT molecular complexity index is 190. The van der Waals surface area contributed by atoms with E-state index in [1.807, 2.05) is 0 Å². The van der Waals surface area contributed by atoms with Gasteiger partial charge >= 0.3 is 0 Å². The monoisotopic (exact) mass is 167 g/mol. The summed E-state index contributed by atoms with van der Waals surface area (Å²) in [6, 6.07) is 0.509. The molecule has 0 spiro atoms. The fourth-order valence-electron chi connectivity index (χ4n) is 2.73. The molecule has 2 aliphatic rings. The van der Waals surface area contributed by atoms with Crippen LogP contribution in [0.4, 0.5) is 0 Å². The standard InChI is InChI=1S/C10H17NO/c1-7-3-2-4-9-8(7)5-6-10(12)11-9/h7-9H,2-6H2,1H3,(H,11,12)/t7-,8+,9+/m0/s1. The molecule has 1 N–H and O–H groups in total. The number of hydrogen-bond donors (Lipinski definition) is 1. The van der Waals surface area contributed by atoms with Crippen molar-refractivity contribution in [1.29, 1.82) is 0 Å². The van der Waals surface area contributed by atoms with Gasteiger partial charge in [-0.25, -0.2) is 0 Å². The summed E-state index contributed by atoms with van der Waals surface area (Å²) in [5, 5.41) is 3.11. The molecule has 2 fully saturated rings. The second-order valence-corrected chi connectivity index (χ2v) is 4.28. The maximum absolute atomic E-state index is 11.1. The molecule has 0 aromatic heterocycles. The van der Waals surface area contributed by atoms with E-state index < -0.39 is 0 Å². The molecule has 1 heterocycles. The van der Waals surface area contributed by atoms with Gasteiger partial charge in [0.1, 0.15) is 0 Å². The van der Waals surface area contributed by atoms with Crippen LogP contribution in [0.3, 0.4) is 0 Å². The minimum atomic E-state index is 0.269. The lowest BCUT2D eigenvalue weighted by Gasteiger charge is -2.40. The molecule has 0 aromatic rings. The number of fused-ring (bicyclic) bond motifs is 1. The Labute approximate surface area is 73.7 Å². The number of nitrogens with one attached hydrogen (secondary N) is 1. The van der Waals surface area contributed by atoms with Gasteiger partial charge in [-0.3, -0.25) is 4.79 Å². The van der Waals surface area contributed by atoms with Crippen LogP contribution in [-0.4, -0.2) is 11.9 Å². The van der Waals surface area contributed by atoms with Gasteiger partial charge in [-0.05, 0) is 24.7 Å². The summed E-state index contributed by atoms with van der Waals surface area (Å²) in [4.78, 5) is 11.1. The van der Waals surface area contributed by atoms with E-state index >= 15 is 0 Å². The molecule has 2 rings (SSSR count). The molecule has 0 bridgehead atoms. The van der Waals surface area contributed by atoms with Crippen LogP contribution in [0, 0.1) is 11.8 Å². The van der Waals surface area contributed by atoms with Crippen molar-refractivity contribution in [3.8, 4) is 0 Å². The highest BCUT2D eigenvalue weighted by atomic mass is 16.1. The third-order valence-electron chi connectivity index (χ3n) is 3.47. The summed E-state index contributed by atoms with van der Waals surface area (Å²) in [7, 11) is 0. The Hall–Kier alpha value is -0.530. The van der Waals surface area contributed by atoms with Crippen LogP contribution in [0.1, 0.15) is 39.0 Å². The van der Waals surface area contributed by atoms with E-state index in [2.05, 4.69) is 12.2 Å². The summed E-state index contributed by atoms with van der Waals surface area (Å²) >= 11 is 0. The minimum absolute atomic E-state index is 0.269. The first-order valence-electron chi connectivity index (χ1n) is 5.07. The fourth-order valence-corrected chi connectivity index (χ4v) is 2.73. The first-order valence-corrected chi connectivity index (χ1v) is 5.07. The number of piperidine rings is 1. The third-order valence-corrected chi connectivity index (χ3v) is 3.47. The molecule has 1 aliphatic carbocycles. The first kappa shape index (κ1) is 8.09. The summed E-state index contributed by atoms with van der Waals surface area (Å²) in [6.07, 6.45) is 5.74. The predicted octanol–water partition coefficient (Wildman–Crippen LogP) is 1.70. The van der Waals surface area contributed by atoms with Crippen molar-refractivity contribution < 1.29 is 4.79 Å². The molecule has 68 valence electrons. The highest BCUT2D eigenvalue weighted by molar-refractivity contribution is 5.77. The van der Waals surface area contributed by atoms with Crippen LogP contribution >= 0.6 is 0 Å². The number of rotatable bonds is 0. The zero-order valence-electron chi connectivity index (χ0n) is 7.68. The zero-order valence-corrected chi connectivity index (χ0v) is 7.68. The van der Waals surface area contributed by atoms with Crippen LogP contribution in [0.2, 0.25) is 0 Å². The topological polar surface area (TPSA) is 29.1 Å². The molecular weight excluding hydrogens is 150 g/mol. The van der Waals surface area contributed by atoms with Crippen LogP contribution < -0.4 is 5.32 Å². The summed E-state index contributed by atoms with van der Waals surface area (Å²) < 4.78 is 0. The van der Waals surface area contributed by atoms with Gasteiger partial charge in [-0.2, -0.15) is 0 Å². The lowest BCUT2D eigenvalue weighted by atomic mass is 9.73. The zero-order chi connectivity index (χ0) is 8.55. The maximum Gasteiger partial charge on any atom is 0.220 e. The van der Waals surface area contributed by atoms with Crippen LogP contribution in [0.25, 0.3) is 0 Å². The molecule has 12 heavy (non-hydrogen) atoms. The molecule has 1 saturated heterocycles. The minimum Gasteiger partial charge on any atom is -0.353 e. The highest BCUT2D eigenvalue weighted by Crippen LogP contribution is 2.35. The van der Waals surface area contributed by atoms with Crippen molar-refractivity contribution in [2.75, 3.05) is 0 Å². The third kappa shape index (κ3) is 1.35. The molecule has 1 amide bonds. The first-order chi connectivity index (χ1) is 5.77. The second-order valence-electron chi connectivity index (χ2n) is 4.28. The van der Waals surface area contributed by atoms with Crippen LogP contribution in [0.5, 0.6) is 0 Å². The SMILES string of the molecule is C[C@H]1CCC[C@H]2NC(=O)CC[C@H]12. The van der Waals surface area contributed by atoms with Crippen LogP contribution in [-0.2, 0) is 4.79 Å². The molecular formula is C10H17NO. The Morgan fingerprint density at radius 3 is 3.00 bits per heavy atom. The van der Waals surface area contributed by atoms with Gasteiger partial charge in [0.25, 0.3) is 0 Å². The molecule has 1 aliphatic heterocycles. The number of carbonyl (C=O) groups is 1. The van der Waals surface area contributed by atoms with E-state index in [0.717, 1.165) is 24.7 Å². The van der Waals surface area contributed by atoms with Crippen molar-refractivity contribution in [1.82, 2.24) is 5.32 Å². The van der Waals surface area contributed by atoms with Crippen molar-refractivity contribution in [2.45, 2.75) is 45.1 Å². The van der Waals surface area contributed by atoms with E-state index in [0.29, 0.717) is 6.04 Å². The van der Waals surface area contributed by atoms with Crippen molar-refractivity contribution in [2.24, 2.45) is 11.8 Å². The van der Waals surface area contributed by atoms with Gasteiger partial charge in [-0.15, -0.1) is 0 Å². The Morgan fingerprint density at radius 2 is 2.17 bits per heavy atom. The Kier molecular flexibility index (Phi) is 2.07. The normalized spacial score (nSPS) is 41.8. The van der Waals surface area contributed by atoms with Crippen molar-refractivity contribution in [3.05, 3.63) is 0 Å². The average molecular weight is 167 g/mol. The van der Waals surface area contributed by atoms with Gasteiger partial charge in [0, 0.05) is 12.5 Å². The number of carbonyl (C=O) groups excluding carboxylic acids is 1. The van der Waals surface area contributed by atoms with E-state index in [1.54, 1.807) is 0 Å². The smallest absolute Gasteiger partial charge is 0.220 e. The molecule has 0 radical (unpaired) electrons. The lowest BCUT2D eigenvalue weighted by Crippen LogP contribution is -2.48. The van der Waals surface area contributed by atoms with Crippen molar-refractivity contribution in [3.63, 3.8) is 0 Å². The average Bonchev–Trinajstić information content (AvgIpc) is 2.04. The predicted molar refractivity (Wildman–Crippen MR) is 47.7 cm³/mol. The van der Waals surface area contributed by atoms with Gasteiger partial charge in [0.2, 0.25) is 5.91 Å². The van der Waals surface area contributed by atoms with Crippen LogP contribution in [0.15, 0.2) is 0 Å². The van der Waals surface area contributed by atoms with E-state index in [4.69, 9.17) is 0 Å². The molecule has 0 aromatic carbocycles. The highest BCUT2D eigenvalue weighted by Gasteiger charge is 2.34. The summed E-state index contributed by atoms with van der Waals surface area (Å²) in [5.41, 5.74) is 0. The summed E-state index contributed by atoms with van der Waals surface area (Å²) in [6.45, 7) is 2.33. The molecule has 2 heteroatoms. The van der Waals surface area contributed by atoms with Gasteiger partial charge in [-0.1, -0.05) is 19.8 Å². The molecule has 1 saturated carbocycles. The molecule has 0 unspecified atom stereocenters. The van der Waals surface area contributed by atoms with Gasteiger partial charge in [0.05, 0.1) is 0 Å². The largest absolute Gasteiger partial charge is 0.353 e. The lowest BCUT2D eigenvalue weighted by molar-refractivity contribution is -0.125. The number of hydrogen-bond acceptors (Lipinski definition) is 1. The van der Waals surface area contributed by atoms with Gasteiger partial charge < -0.3 is 5.32 Å². The maximum atomic E-state index is 11.1. The van der Waals surface area contributed by atoms with E-state index in [-0.39, 0.29) is 5.91 Å². The quantitative estimate of drug-likeness (QED) is 0.584. The second kappa shape index (κ2) is 3.08. The molecule has 3 atom stereocenters. The van der Waals surface area contributed by atoms with E-state index in [9.17, 15) is 4.79 Å². The van der Waals surface area contributed by atoms with Gasteiger partial charge in [0.15, 0.2) is 0 Å². The van der Waals surface area contributed by atoms with Crippen molar-refractivity contribution >= 4 is 5.91 Å².